The maximum Gasteiger partial charge on any atom is 0.347 e. The molecular weight excluding hydrogens is 1780 g/mol. The molecule has 12 atom stereocenters. The van der Waals surface area contributed by atoms with Gasteiger partial charge >= 0.3 is 65.7 Å². The third-order valence-electron chi connectivity index (χ3n) is 35.3. The number of aliphatic hydroxyl groups is 2. The summed E-state index contributed by atoms with van der Waals surface area (Å²) in [6.45, 7) is 45.7. The Morgan fingerprint density at radius 3 is 0.929 bits per heavy atom. The van der Waals surface area contributed by atoms with Crippen molar-refractivity contribution in [1.82, 2.24) is 0 Å². The fourth-order valence-electron chi connectivity index (χ4n) is 25.1. The predicted molar refractivity (Wildman–Crippen MR) is 564 cm³/mol. The largest absolute Gasteiger partial charge is 0.469 e. The Labute approximate surface area is 855 Å². The molecule has 0 aromatic rings. The number of ether oxygens (including phenoxy) is 11. The fourth-order valence-corrected chi connectivity index (χ4v) is 25.1. The molecular formula is C116H218O24. The van der Waals surface area contributed by atoms with Crippen molar-refractivity contribution in [3.05, 3.63) is 0 Å². The standard InChI is InChI=1S/2C17H28O2.C16H22O6.2C16H26O3.2C10H16O4.14CH4/c2*1-5-16(2,3)15(18)19-17(4)13-7-11-6-12(9-13)10-14(17)8-11;1-5-16(2,3)15(19)22-12-7-6-8-10(9(7)13(17)20-4)14(18)21-11(8)12;2*1-4-14(2,3)13(17)19-16-8-11-5-12(9-16)7-15(18,6-11)10-16;1-4-10(2,3)9(12)14-7-5-8(11)13-6-7;1-4-10(2,3)9(12)14-7-5-6-13-8(7)11;;;;;;;;;;;;;;/h2*11-14H,5-10H2,1-4H3;7-12H,5-6H2,1-4H3;2*11-12,18H,4-10H2,1-3H3;2*7H,4-6H2,1-3H3;14*1H4. The van der Waals surface area contributed by atoms with Crippen LogP contribution >= 0.6 is 0 Å². The van der Waals surface area contributed by atoms with Crippen molar-refractivity contribution in [3.8, 4) is 0 Å². The molecule has 18 bridgehead atoms. The Kier molecular flexibility index (Phi) is 52.7. The summed E-state index contributed by atoms with van der Waals surface area (Å²) in [5, 5.41) is 21.3. The number of methoxy groups -OCH3 is 1. The van der Waals surface area contributed by atoms with E-state index in [9.17, 15) is 63.0 Å². The first kappa shape index (κ1) is 140. The van der Waals surface area contributed by atoms with Crippen LogP contribution in [0.15, 0.2) is 0 Å². The zero-order valence-electron chi connectivity index (χ0n) is 81.5. The van der Waals surface area contributed by atoms with Gasteiger partial charge < -0.3 is 62.3 Å². The fraction of sp³-hybridized carbons (Fsp3) is 0.905. The summed E-state index contributed by atoms with van der Waals surface area (Å²) in [6.07, 6.45) is 29.2. The van der Waals surface area contributed by atoms with Gasteiger partial charge in [-0.05, 0) is 362 Å². The minimum atomic E-state index is -0.687. The second kappa shape index (κ2) is 52.6. The van der Waals surface area contributed by atoms with Crippen LogP contribution in [-0.2, 0) is 105 Å². The van der Waals surface area contributed by atoms with Crippen LogP contribution in [-0.4, -0.2) is 154 Å². The molecule has 12 unspecified atom stereocenters. The molecule has 18 aliphatic carbocycles. The van der Waals surface area contributed by atoms with E-state index in [1.807, 2.05) is 118 Å². The topological polar surface area (TPSA) is 330 Å². The summed E-state index contributed by atoms with van der Waals surface area (Å²) in [5.41, 5.74) is -5.26. The number of carbonyl (C=O) groups excluding carboxylic acids is 11. The van der Waals surface area contributed by atoms with E-state index in [1.165, 1.54) is 84.2 Å². The second-order valence-corrected chi connectivity index (χ2v) is 47.6. The van der Waals surface area contributed by atoms with E-state index < -0.39 is 80.4 Å². The average Bonchev–Trinajstić information content (AvgIpc) is 1.48. The Hall–Kier alpha value is -5.91. The summed E-state index contributed by atoms with van der Waals surface area (Å²) in [4.78, 5) is 131. The third-order valence-corrected chi connectivity index (χ3v) is 35.3. The van der Waals surface area contributed by atoms with Crippen molar-refractivity contribution >= 4 is 65.7 Å². The lowest BCUT2D eigenvalue weighted by Crippen LogP contribution is -2.61. The van der Waals surface area contributed by atoms with E-state index in [4.69, 9.17) is 52.1 Å². The van der Waals surface area contributed by atoms with Gasteiger partial charge in [-0.25, -0.2) is 4.79 Å². The van der Waals surface area contributed by atoms with E-state index in [1.54, 1.807) is 13.8 Å². The quantitative estimate of drug-likeness (QED) is 0.0751. The Morgan fingerprint density at radius 1 is 0.357 bits per heavy atom. The summed E-state index contributed by atoms with van der Waals surface area (Å²) in [5.74, 6) is 4.71. The van der Waals surface area contributed by atoms with E-state index in [-0.39, 0.29) is 222 Å². The molecule has 3 saturated heterocycles. The maximum atomic E-state index is 12.5. The highest BCUT2D eigenvalue weighted by molar-refractivity contribution is 5.87. The van der Waals surface area contributed by atoms with Gasteiger partial charge in [0.2, 0.25) is 6.10 Å². The zero-order valence-corrected chi connectivity index (χ0v) is 81.5. The third kappa shape index (κ3) is 30.2. The number of fused-ring (bicyclic) bond motifs is 1. The van der Waals surface area contributed by atoms with Crippen molar-refractivity contribution in [2.75, 3.05) is 20.3 Å². The summed E-state index contributed by atoms with van der Waals surface area (Å²) >= 11 is 0. The molecule has 0 radical (unpaired) electrons. The van der Waals surface area contributed by atoms with Crippen LogP contribution < -0.4 is 0 Å². The van der Waals surface area contributed by atoms with E-state index in [0.29, 0.717) is 98.9 Å². The second-order valence-electron chi connectivity index (χ2n) is 47.6. The van der Waals surface area contributed by atoms with E-state index in [2.05, 4.69) is 27.7 Å². The highest BCUT2D eigenvalue weighted by Crippen LogP contribution is 2.65. The molecule has 0 aromatic heterocycles. The zero-order chi connectivity index (χ0) is 93.2. The van der Waals surface area contributed by atoms with Gasteiger partial charge in [0.15, 0.2) is 0 Å². The first-order chi connectivity index (χ1) is 58.5. The van der Waals surface area contributed by atoms with Crippen LogP contribution in [0.5, 0.6) is 0 Å². The van der Waals surface area contributed by atoms with Gasteiger partial charge in [0, 0.05) is 31.1 Å². The maximum absolute atomic E-state index is 12.5. The van der Waals surface area contributed by atoms with Crippen LogP contribution in [0.2, 0.25) is 0 Å². The monoisotopic (exact) mass is 2000 g/mol. The number of hydrogen-bond acceptors (Lipinski definition) is 24. The van der Waals surface area contributed by atoms with Gasteiger partial charge in [-0.3, -0.25) is 47.9 Å². The lowest BCUT2D eigenvalue weighted by atomic mass is 9.50. The SMILES string of the molecule is C.C.C.C.C.C.C.C.C.C.C.C.C.C.CCC(C)(C)C(=O)OC1(C)C2CC3CC(C2)CC1C3.CCC(C)(C)C(=O)OC1(C)C2CC3CC(C2)CC1C3.CCC(C)(C)C(=O)OC12CC3CC(CC(O)(C3)C1)C2.CCC(C)(C)C(=O)OC12CC3CC(CC(O)(C3)C1)C2.CCC(C)(C)C(=O)OC1C2CC3C1OC(=O)C3C2C(=O)OC.CCC(C)(C)C(=O)OC1CCOC1=O.CCC(C)(C)C(=O)OC1COC(=O)C1. The first-order valence-corrected chi connectivity index (χ1v) is 49.1. The molecule has 24 heteroatoms. The highest BCUT2D eigenvalue weighted by atomic mass is 16.6. The van der Waals surface area contributed by atoms with Crippen LogP contribution in [0, 0.1) is 133 Å². The van der Waals surface area contributed by atoms with Crippen LogP contribution in [0.25, 0.3) is 0 Å². The van der Waals surface area contributed by atoms with E-state index in [0.717, 1.165) is 101 Å². The summed E-state index contributed by atoms with van der Waals surface area (Å²) in [6, 6.07) is 0. The van der Waals surface area contributed by atoms with Gasteiger partial charge in [-0.2, -0.15) is 0 Å². The molecule has 3 aliphatic heterocycles. The van der Waals surface area contributed by atoms with Crippen LogP contribution in [0.3, 0.4) is 0 Å². The van der Waals surface area contributed by atoms with Gasteiger partial charge in [-0.15, -0.1) is 0 Å². The number of hydrogen-bond donors (Lipinski definition) is 2. The summed E-state index contributed by atoms with van der Waals surface area (Å²) in [7, 11) is 1.31. The molecule has 3 heterocycles. The Balaban J connectivity index is -0.000000761. The smallest absolute Gasteiger partial charge is 0.347 e. The molecule has 24 nitrogen and oxygen atoms in total. The van der Waals surface area contributed by atoms with Crippen LogP contribution in [0.1, 0.15) is 469 Å². The van der Waals surface area contributed by atoms with Crippen molar-refractivity contribution in [1.29, 1.82) is 0 Å². The molecule has 21 aliphatic rings. The molecule has 140 heavy (non-hydrogen) atoms. The van der Waals surface area contributed by atoms with Gasteiger partial charge in [0.05, 0.1) is 81.1 Å². The van der Waals surface area contributed by atoms with E-state index >= 15 is 0 Å². The Bertz CT molecular complexity index is 3730. The average molecular weight is 2000 g/mol. The molecule has 0 spiro atoms. The summed E-state index contributed by atoms with van der Waals surface area (Å²) < 4.78 is 59.7. The number of carbonyl (C=O) groups is 11. The Morgan fingerprint density at radius 2 is 0.650 bits per heavy atom. The lowest BCUT2D eigenvalue weighted by Gasteiger charge is -2.59. The van der Waals surface area contributed by atoms with Crippen molar-refractivity contribution in [2.24, 2.45) is 133 Å². The minimum Gasteiger partial charge on any atom is -0.469 e. The molecule has 21 rings (SSSR count). The highest BCUT2D eigenvalue weighted by Gasteiger charge is 2.71. The predicted octanol–water partition coefficient (Wildman–Crippen LogP) is 27.2. The van der Waals surface area contributed by atoms with Gasteiger partial charge in [0.25, 0.3) is 0 Å². The van der Waals surface area contributed by atoms with Gasteiger partial charge in [-0.1, -0.05) is 152 Å². The lowest BCUT2D eigenvalue weighted by molar-refractivity contribution is -0.226. The molecule has 0 aromatic carbocycles. The minimum absolute atomic E-state index is 0. The molecule has 18 saturated carbocycles. The molecule has 0 amide bonds. The van der Waals surface area contributed by atoms with Gasteiger partial charge in [0.1, 0.15) is 47.3 Å². The normalized spacial score (nSPS) is 34.6. The van der Waals surface area contributed by atoms with Crippen molar-refractivity contribution in [2.45, 2.75) is 527 Å². The molecule has 2 N–H and O–H groups in total. The van der Waals surface area contributed by atoms with Crippen molar-refractivity contribution < 1.29 is 115 Å². The number of esters is 11. The number of cyclic esters (lactones) is 2. The number of rotatable bonds is 22. The molecule has 826 valence electrons. The van der Waals surface area contributed by atoms with Crippen LogP contribution in [0.4, 0.5) is 0 Å². The van der Waals surface area contributed by atoms with Crippen molar-refractivity contribution in [3.63, 3.8) is 0 Å². The molecule has 21 fully saturated rings. The first-order valence-electron chi connectivity index (χ1n) is 49.1.